The Kier molecular flexibility index (Phi) is 6.17. The second-order valence-corrected chi connectivity index (χ2v) is 8.78. The molecule has 4 rings (SSSR count). The first-order chi connectivity index (χ1) is 15.7. The Bertz CT molecular complexity index is 1420. The lowest BCUT2D eigenvalue weighted by molar-refractivity contribution is -0.141. The summed E-state index contributed by atoms with van der Waals surface area (Å²) in [7, 11) is 1.20. The summed E-state index contributed by atoms with van der Waals surface area (Å²) in [5, 5.41) is 11.3. The number of thiophene rings is 1. The van der Waals surface area contributed by atoms with Crippen LogP contribution in [-0.2, 0) is 33.5 Å². The monoisotopic (exact) mass is 496 g/mol. The molecule has 1 amide bonds. The maximum Gasteiger partial charge on any atom is 0.416 e. The highest BCUT2D eigenvalue weighted by atomic mass is 32.1. The van der Waals surface area contributed by atoms with Crippen molar-refractivity contribution in [3.63, 3.8) is 0 Å². The first kappa shape index (κ1) is 22.9. The minimum atomic E-state index is -4.48. The number of aromatic nitrogens is 3. The summed E-state index contributed by atoms with van der Waals surface area (Å²) in [5.41, 5.74) is -0.701. The van der Waals surface area contributed by atoms with Crippen LogP contribution in [0.15, 0.2) is 33.8 Å². The van der Waals surface area contributed by atoms with Gasteiger partial charge in [-0.3, -0.25) is 14.4 Å². The van der Waals surface area contributed by atoms with Crippen LogP contribution in [0, 0.1) is 0 Å². The number of nitrogens with one attached hydrogen (secondary N) is 1. The number of ether oxygens (including phenoxy) is 1. The van der Waals surface area contributed by atoms with E-state index in [-0.39, 0.29) is 25.0 Å². The summed E-state index contributed by atoms with van der Waals surface area (Å²) >= 11 is 2.43. The van der Waals surface area contributed by atoms with Gasteiger partial charge in [0, 0.05) is 16.1 Å². The second-order valence-electron chi connectivity index (χ2n) is 6.93. The Morgan fingerprint density at radius 1 is 1.21 bits per heavy atom. The van der Waals surface area contributed by atoms with Crippen LogP contribution < -0.4 is 10.9 Å². The van der Waals surface area contributed by atoms with Gasteiger partial charge in [0.1, 0.15) is 11.6 Å². The fraction of sp³-hybridized carbons (Fsp3) is 0.250. The van der Waals surface area contributed by atoms with Crippen LogP contribution in [0.4, 0.5) is 13.2 Å². The number of hydrogen-bond donors (Lipinski definition) is 1. The molecule has 3 aromatic heterocycles. The first-order valence-corrected chi connectivity index (χ1v) is 11.2. The number of thiazole rings is 1. The Morgan fingerprint density at radius 2 is 1.97 bits per heavy atom. The first-order valence-electron chi connectivity index (χ1n) is 9.42. The van der Waals surface area contributed by atoms with Gasteiger partial charge in [0.05, 0.1) is 46.9 Å². The molecule has 0 aliphatic heterocycles. The van der Waals surface area contributed by atoms with Crippen molar-refractivity contribution in [3.05, 3.63) is 55.6 Å². The molecule has 0 atom stereocenters. The van der Waals surface area contributed by atoms with Crippen molar-refractivity contribution in [3.8, 4) is 0 Å². The fourth-order valence-electron chi connectivity index (χ4n) is 3.11. The topological polar surface area (TPSA) is 103 Å². The van der Waals surface area contributed by atoms with Gasteiger partial charge in [-0.25, -0.2) is 9.67 Å². The Hall–Kier alpha value is -3.32. The molecule has 0 saturated heterocycles. The van der Waals surface area contributed by atoms with Gasteiger partial charge >= 0.3 is 12.1 Å². The third-order valence-electron chi connectivity index (χ3n) is 4.71. The molecule has 1 N–H and O–H groups in total. The Labute approximate surface area is 191 Å². The van der Waals surface area contributed by atoms with E-state index in [2.05, 4.69) is 20.1 Å². The summed E-state index contributed by atoms with van der Waals surface area (Å²) in [6.45, 7) is -0.366. The zero-order chi connectivity index (χ0) is 23.8. The lowest BCUT2D eigenvalue weighted by atomic mass is 10.2. The summed E-state index contributed by atoms with van der Waals surface area (Å²) in [6, 6.07) is 3.29. The molecule has 1 aromatic carbocycles. The van der Waals surface area contributed by atoms with Gasteiger partial charge in [-0.1, -0.05) is 0 Å². The van der Waals surface area contributed by atoms with E-state index in [1.165, 1.54) is 24.5 Å². The summed E-state index contributed by atoms with van der Waals surface area (Å²) in [6.07, 6.45) is -4.66. The normalized spacial score (nSPS) is 11.8. The molecule has 0 fully saturated rings. The van der Waals surface area contributed by atoms with E-state index in [9.17, 15) is 27.6 Å². The van der Waals surface area contributed by atoms with E-state index in [1.807, 2.05) is 0 Å². The van der Waals surface area contributed by atoms with Crippen molar-refractivity contribution < 1.29 is 27.5 Å². The van der Waals surface area contributed by atoms with E-state index in [1.54, 1.807) is 10.8 Å². The Morgan fingerprint density at radius 3 is 2.70 bits per heavy atom. The highest BCUT2D eigenvalue weighted by Gasteiger charge is 2.30. The van der Waals surface area contributed by atoms with E-state index < -0.39 is 29.2 Å². The third kappa shape index (κ3) is 4.88. The van der Waals surface area contributed by atoms with E-state index >= 15 is 0 Å². The molecule has 13 heteroatoms. The highest BCUT2D eigenvalue weighted by molar-refractivity contribution is 7.18. The molecule has 8 nitrogen and oxygen atoms in total. The minimum absolute atomic E-state index is 0.0674. The van der Waals surface area contributed by atoms with Crippen LogP contribution in [0.2, 0.25) is 0 Å². The van der Waals surface area contributed by atoms with Crippen molar-refractivity contribution in [1.82, 2.24) is 20.1 Å². The number of halogens is 3. The average molecular weight is 496 g/mol. The quantitative estimate of drug-likeness (QED) is 0.412. The van der Waals surface area contributed by atoms with Gasteiger partial charge in [-0.15, -0.1) is 11.3 Å². The summed E-state index contributed by atoms with van der Waals surface area (Å²) in [5.74, 6) is -1.09. The van der Waals surface area contributed by atoms with Gasteiger partial charge < -0.3 is 10.1 Å². The molecular weight excluding hydrogens is 481 g/mol. The van der Waals surface area contributed by atoms with E-state index in [0.717, 1.165) is 28.2 Å². The van der Waals surface area contributed by atoms with Crippen LogP contribution in [0.1, 0.15) is 16.3 Å². The van der Waals surface area contributed by atoms with Crippen LogP contribution >= 0.6 is 22.7 Å². The lowest BCUT2D eigenvalue weighted by Crippen LogP contribution is -2.32. The van der Waals surface area contributed by atoms with E-state index in [0.29, 0.717) is 26.2 Å². The molecule has 0 radical (unpaired) electrons. The van der Waals surface area contributed by atoms with Gasteiger partial charge in [0.15, 0.2) is 0 Å². The van der Waals surface area contributed by atoms with Crippen molar-refractivity contribution in [2.24, 2.45) is 0 Å². The van der Waals surface area contributed by atoms with Crippen molar-refractivity contribution in [1.29, 1.82) is 0 Å². The number of hydrogen-bond acceptors (Lipinski definition) is 8. The molecule has 0 aliphatic carbocycles. The molecule has 3 heterocycles. The van der Waals surface area contributed by atoms with Crippen molar-refractivity contribution in [2.45, 2.75) is 19.1 Å². The molecule has 0 aliphatic rings. The van der Waals surface area contributed by atoms with Gasteiger partial charge in [0.2, 0.25) is 5.91 Å². The fourth-order valence-corrected chi connectivity index (χ4v) is 4.87. The molecular formula is C20H15F3N4O4S2. The third-order valence-corrected chi connectivity index (χ3v) is 6.47. The molecule has 0 saturated carbocycles. The zero-order valence-electron chi connectivity index (χ0n) is 16.9. The second kappa shape index (κ2) is 8.90. The standard InChI is InChI=1S/C20H15F3N4O4S2/c1-31-18(29)6-24-16(28)5-13-11-8-32-9-12(11)19(30)27(26-13)7-17-25-14-4-10(20(21,22)23)2-3-15(14)33-17/h2-4,8-9H,5-7H2,1H3,(H,24,28). The highest BCUT2D eigenvalue weighted by Crippen LogP contribution is 2.33. The van der Waals surface area contributed by atoms with Crippen LogP contribution in [-0.4, -0.2) is 40.3 Å². The number of amides is 1. The van der Waals surface area contributed by atoms with Crippen LogP contribution in [0.3, 0.4) is 0 Å². The number of rotatable bonds is 6. The largest absolute Gasteiger partial charge is 0.468 e. The number of nitrogens with zero attached hydrogens (tertiary/aromatic N) is 3. The SMILES string of the molecule is COC(=O)CNC(=O)Cc1nn(Cc2nc3cc(C(F)(F)F)ccc3s2)c(=O)c2cscc12. The van der Waals surface area contributed by atoms with Crippen LogP contribution in [0.5, 0.6) is 0 Å². The number of alkyl halides is 3. The molecule has 0 unspecified atom stereocenters. The van der Waals surface area contributed by atoms with E-state index in [4.69, 9.17) is 0 Å². The minimum Gasteiger partial charge on any atom is -0.468 e. The van der Waals surface area contributed by atoms with Gasteiger partial charge in [0.25, 0.3) is 5.56 Å². The summed E-state index contributed by atoms with van der Waals surface area (Å²) < 4.78 is 45.1. The summed E-state index contributed by atoms with van der Waals surface area (Å²) in [4.78, 5) is 40.6. The van der Waals surface area contributed by atoms with Gasteiger partial charge in [-0.05, 0) is 18.2 Å². The zero-order valence-corrected chi connectivity index (χ0v) is 18.6. The molecule has 0 bridgehead atoms. The van der Waals surface area contributed by atoms with Crippen LogP contribution in [0.25, 0.3) is 21.0 Å². The molecule has 172 valence electrons. The molecule has 0 spiro atoms. The van der Waals surface area contributed by atoms with Gasteiger partial charge in [-0.2, -0.15) is 29.6 Å². The Balaban J connectivity index is 1.64. The van der Waals surface area contributed by atoms with Crippen molar-refractivity contribution in [2.75, 3.05) is 13.7 Å². The molecule has 4 aromatic rings. The predicted octanol–water partition coefficient (Wildman–Crippen LogP) is 2.97. The number of esters is 1. The lowest BCUT2D eigenvalue weighted by Gasteiger charge is -2.08. The number of methoxy groups -OCH3 is 1. The number of benzene rings is 1. The predicted molar refractivity (Wildman–Crippen MR) is 116 cm³/mol. The molecule has 33 heavy (non-hydrogen) atoms. The number of fused-ring (bicyclic) bond motifs is 2. The maximum absolute atomic E-state index is 13.0. The number of carbonyl (C=O) groups excluding carboxylic acids is 2. The maximum atomic E-state index is 13.0. The number of carbonyl (C=O) groups is 2. The average Bonchev–Trinajstić information content (AvgIpc) is 3.41. The smallest absolute Gasteiger partial charge is 0.416 e. The van der Waals surface area contributed by atoms with Crippen molar-refractivity contribution >= 4 is 55.5 Å².